The Morgan fingerprint density at radius 1 is 1.46 bits per heavy atom. The van der Waals surface area contributed by atoms with Crippen molar-refractivity contribution in [1.29, 1.82) is 0 Å². The van der Waals surface area contributed by atoms with Crippen LogP contribution < -0.4 is 5.32 Å². The highest BCUT2D eigenvalue weighted by atomic mass is 79.9. The minimum absolute atomic E-state index is 0.178. The molecule has 0 aromatic rings. The molecule has 76 valence electrons. The summed E-state index contributed by atoms with van der Waals surface area (Å²) in [7, 11) is 0. The number of hydrogen-bond acceptors (Lipinski definition) is 3. The SMILES string of the molecule is O=C(OCCCBr)N1CCNCC1. The van der Waals surface area contributed by atoms with Gasteiger partial charge in [0.2, 0.25) is 0 Å². The molecule has 0 spiro atoms. The highest BCUT2D eigenvalue weighted by Gasteiger charge is 2.16. The third kappa shape index (κ3) is 3.95. The van der Waals surface area contributed by atoms with Crippen molar-refractivity contribution >= 4 is 22.0 Å². The van der Waals surface area contributed by atoms with Gasteiger partial charge in [0.25, 0.3) is 0 Å². The predicted octanol–water partition coefficient (Wildman–Crippen LogP) is 0.813. The van der Waals surface area contributed by atoms with Gasteiger partial charge in [0.05, 0.1) is 6.61 Å². The van der Waals surface area contributed by atoms with Gasteiger partial charge in [0, 0.05) is 31.5 Å². The molecule has 1 saturated heterocycles. The largest absolute Gasteiger partial charge is 0.449 e. The molecule has 0 aliphatic carbocycles. The first-order chi connectivity index (χ1) is 6.34. The Bertz CT molecular complexity index is 160. The number of alkyl halides is 1. The van der Waals surface area contributed by atoms with Crippen molar-refractivity contribution in [1.82, 2.24) is 10.2 Å². The lowest BCUT2D eigenvalue weighted by Gasteiger charge is -2.26. The molecule has 4 nitrogen and oxygen atoms in total. The summed E-state index contributed by atoms with van der Waals surface area (Å²) in [5.41, 5.74) is 0. The van der Waals surface area contributed by atoms with E-state index in [1.807, 2.05) is 0 Å². The second-order valence-electron chi connectivity index (χ2n) is 2.89. The van der Waals surface area contributed by atoms with E-state index in [1.54, 1.807) is 4.90 Å². The van der Waals surface area contributed by atoms with E-state index < -0.39 is 0 Å². The molecule has 1 heterocycles. The van der Waals surface area contributed by atoms with Crippen molar-refractivity contribution < 1.29 is 9.53 Å². The average molecular weight is 251 g/mol. The summed E-state index contributed by atoms with van der Waals surface area (Å²) >= 11 is 3.28. The molecule has 1 aliphatic rings. The summed E-state index contributed by atoms with van der Waals surface area (Å²) < 4.78 is 5.05. The smallest absolute Gasteiger partial charge is 0.409 e. The molecule has 5 heteroatoms. The molecular formula is C8H15BrN2O2. The molecule has 1 rings (SSSR count). The molecule has 0 saturated carbocycles. The van der Waals surface area contributed by atoms with Crippen molar-refractivity contribution in [2.75, 3.05) is 38.1 Å². The maximum atomic E-state index is 11.3. The van der Waals surface area contributed by atoms with Gasteiger partial charge < -0.3 is 15.0 Å². The molecular weight excluding hydrogens is 236 g/mol. The molecule has 1 aliphatic heterocycles. The van der Waals surface area contributed by atoms with Crippen LogP contribution in [-0.2, 0) is 4.74 Å². The Balaban J connectivity index is 2.13. The normalized spacial score (nSPS) is 17.2. The quantitative estimate of drug-likeness (QED) is 0.596. The van der Waals surface area contributed by atoms with Gasteiger partial charge in [-0.25, -0.2) is 4.79 Å². The Kier molecular flexibility index (Phi) is 5.15. The molecule has 1 N–H and O–H groups in total. The predicted molar refractivity (Wildman–Crippen MR) is 54.2 cm³/mol. The highest BCUT2D eigenvalue weighted by molar-refractivity contribution is 9.09. The molecule has 1 amide bonds. The summed E-state index contributed by atoms with van der Waals surface area (Å²) in [4.78, 5) is 13.1. The second-order valence-corrected chi connectivity index (χ2v) is 3.69. The van der Waals surface area contributed by atoms with E-state index in [9.17, 15) is 4.79 Å². The minimum atomic E-state index is -0.178. The molecule has 0 bridgehead atoms. The van der Waals surface area contributed by atoms with E-state index in [0.717, 1.165) is 37.9 Å². The van der Waals surface area contributed by atoms with Gasteiger partial charge in [0.1, 0.15) is 0 Å². The Labute approximate surface area is 86.7 Å². The minimum Gasteiger partial charge on any atom is -0.449 e. The van der Waals surface area contributed by atoms with Crippen LogP contribution in [0.4, 0.5) is 4.79 Å². The number of carbonyl (C=O) groups is 1. The first-order valence-electron chi connectivity index (χ1n) is 4.53. The van der Waals surface area contributed by atoms with Crippen molar-refractivity contribution in [2.45, 2.75) is 6.42 Å². The van der Waals surface area contributed by atoms with Gasteiger partial charge in [-0.2, -0.15) is 0 Å². The lowest BCUT2D eigenvalue weighted by atomic mass is 10.4. The fourth-order valence-corrected chi connectivity index (χ4v) is 1.38. The number of nitrogens with one attached hydrogen (secondary N) is 1. The summed E-state index contributed by atoms with van der Waals surface area (Å²) in [5, 5.41) is 4.06. The fourth-order valence-electron chi connectivity index (χ4n) is 1.15. The monoisotopic (exact) mass is 250 g/mol. The third-order valence-corrected chi connectivity index (χ3v) is 2.44. The van der Waals surface area contributed by atoms with Crippen LogP contribution in [0.3, 0.4) is 0 Å². The maximum Gasteiger partial charge on any atom is 0.409 e. The van der Waals surface area contributed by atoms with Gasteiger partial charge in [0.15, 0.2) is 0 Å². The number of ether oxygens (including phenoxy) is 1. The van der Waals surface area contributed by atoms with Crippen LogP contribution >= 0.6 is 15.9 Å². The van der Waals surface area contributed by atoms with Crippen LogP contribution in [0.1, 0.15) is 6.42 Å². The highest BCUT2D eigenvalue weighted by Crippen LogP contribution is 1.98. The van der Waals surface area contributed by atoms with Gasteiger partial charge >= 0.3 is 6.09 Å². The summed E-state index contributed by atoms with van der Waals surface area (Å²) in [5.74, 6) is 0. The summed E-state index contributed by atoms with van der Waals surface area (Å²) in [6.07, 6.45) is 0.695. The van der Waals surface area contributed by atoms with Gasteiger partial charge in [-0.15, -0.1) is 0 Å². The van der Waals surface area contributed by atoms with Crippen molar-refractivity contribution in [2.24, 2.45) is 0 Å². The zero-order chi connectivity index (χ0) is 9.52. The number of carbonyl (C=O) groups excluding carboxylic acids is 1. The zero-order valence-electron chi connectivity index (χ0n) is 7.59. The first kappa shape index (κ1) is 10.8. The van der Waals surface area contributed by atoms with Gasteiger partial charge in [-0.3, -0.25) is 0 Å². The van der Waals surface area contributed by atoms with E-state index in [-0.39, 0.29) is 6.09 Å². The van der Waals surface area contributed by atoms with E-state index in [2.05, 4.69) is 21.2 Å². The van der Waals surface area contributed by atoms with Crippen LogP contribution in [0.15, 0.2) is 0 Å². The number of rotatable bonds is 3. The number of hydrogen-bond donors (Lipinski definition) is 1. The first-order valence-corrected chi connectivity index (χ1v) is 5.65. The standard InChI is InChI=1S/C8H15BrN2O2/c9-2-1-7-13-8(12)11-5-3-10-4-6-11/h10H,1-7H2. The Hall–Kier alpha value is -0.290. The van der Waals surface area contributed by atoms with Crippen LogP contribution in [0.2, 0.25) is 0 Å². The summed E-state index contributed by atoms with van der Waals surface area (Å²) in [6.45, 7) is 3.76. The Morgan fingerprint density at radius 3 is 2.77 bits per heavy atom. The second kappa shape index (κ2) is 6.21. The van der Waals surface area contributed by atoms with E-state index in [4.69, 9.17) is 4.74 Å². The van der Waals surface area contributed by atoms with Gasteiger partial charge in [-0.05, 0) is 6.42 Å². The lowest BCUT2D eigenvalue weighted by molar-refractivity contribution is 0.0981. The average Bonchev–Trinajstić information content (AvgIpc) is 2.19. The molecule has 0 aromatic carbocycles. The van der Waals surface area contributed by atoms with E-state index in [1.165, 1.54) is 0 Å². The van der Waals surface area contributed by atoms with Crippen LogP contribution in [0.5, 0.6) is 0 Å². The Morgan fingerprint density at radius 2 is 2.15 bits per heavy atom. The van der Waals surface area contributed by atoms with Crippen molar-refractivity contribution in [3.8, 4) is 0 Å². The van der Waals surface area contributed by atoms with E-state index in [0.29, 0.717) is 6.61 Å². The van der Waals surface area contributed by atoms with Crippen LogP contribution in [-0.4, -0.2) is 49.1 Å². The molecule has 0 atom stereocenters. The lowest BCUT2D eigenvalue weighted by Crippen LogP contribution is -2.46. The number of piperazine rings is 1. The van der Waals surface area contributed by atoms with Crippen molar-refractivity contribution in [3.63, 3.8) is 0 Å². The molecule has 1 fully saturated rings. The van der Waals surface area contributed by atoms with E-state index >= 15 is 0 Å². The molecule has 13 heavy (non-hydrogen) atoms. The van der Waals surface area contributed by atoms with Gasteiger partial charge in [-0.1, -0.05) is 15.9 Å². The van der Waals surface area contributed by atoms with Crippen LogP contribution in [0.25, 0.3) is 0 Å². The molecule has 0 unspecified atom stereocenters. The fraction of sp³-hybridized carbons (Fsp3) is 0.875. The number of amides is 1. The van der Waals surface area contributed by atoms with Crippen LogP contribution in [0, 0.1) is 0 Å². The number of halogens is 1. The third-order valence-electron chi connectivity index (χ3n) is 1.88. The molecule has 0 radical (unpaired) electrons. The number of nitrogens with zero attached hydrogens (tertiary/aromatic N) is 1. The zero-order valence-corrected chi connectivity index (χ0v) is 9.18. The topological polar surface area (TPSA) is 41.6 Å². The summed E-state index contributed by atoms with van der Waals surface area (Å²) in [6, 6.07) is 0. The molecule has 0 aromatic heterocycles. The maximum absolute atomic E-state index is 11.3. The van der Waals surface area contributed by atoms with Crippen molar-refractivity contribution in [3.05, 3.63) is 0 Å².